The SMILES string of the molecule is C#CCCOCCCC(=O)c1cccc(C)c1. The van der Waals surface area contributed by atoms with E-state index < -0.39 is 0 Å². The monoisotopic (exact) mass is 230 g/mol. The minimum Gasteiger partial charge on any atom is -0.380 e. The summed E-state index contributed by atoms with van der Waals surface area (Å²) in [6.45, 7) is 3.16. The molecular formula is C15H18O2. The normalized spacial score (nSPS) is 9.88. The van der Waals surface area contributed by atoms with Crippen molar-refractivity contribution in [1.82, 2.24) is 0 Å². The van der Waals surface area contributed by atoms with E-state index in [2.05, 4.69) is 5.92 Å². The van der Waals surface area contributed by atoms with Gasteiger partial charge in [0.15, 0.2) is 5.78 Å². The molecule has 1 rings (SSSR count). The van der Waals surface area contributed by atoms with Crippen LogP contribution in [0.15, 0.2) is 24.3 Å². The molecule has 2 heteroatoms. The van der Waals surface area contributed by atoms with Gasteiger partial charge in [-0.3, -0.25) is 4.79 Å². The van der Waals surface area contributed by atoms with E-state index >= 15 is 0 Å². The van der Waals surface area contributed by atoms with Crippen molar-refractivity contribution in [3.8, 4) is 12.3 Å². The number of rotatable bonds is 7. The van der Waals surface area contributed by atoms with Crippen LogP contribution in [0.2, 0.25) is 0 Å². The van der Waals surface area contributed by atoms with Crippen LogP contribution in [0.1, 0.15) is 35.2 Å². The van der Waals surface area contributed by atoms with Crippen LogP contribution in [0.5, 0.6) is 0 Å². The van der Waals surface area contributed by atoms with Crippen molar-refractivity contribution in [3.05, 3.63) is 35.4 Å². The second-order valence-corrected chi connectivity index (χ2v) is 3.96. The molecule has 0 atom stereocenters. The van der Waals surface area contributed by atoms with E-state index in [1.807, 2.05) is 31.2 Å². The maximum atomic E-state index is 11.8. The van der Waals surface area contributed by atoms with Crippen molar-refractivity contribution < 1.29 is 9.53 Å². The molecule has 0 saturated carbocycles. The standard InChI is InChI=1S/C15H18O2/c1-3-4-10-17-11-6-9-15(16)14-8-5-7-13(2)12-14/h1,5,7-8,12H,4,6,9-11H2,2H3. The van der Waals surface area contributed by atoms with Gasteiger partial charge in [0.1, 0.15) is 0 Å². The third-order valence-corrected chi connectivity index (χ3v) is 2.42. The summed E-state index contributed by atoms with van der Waals surface area (Å²) in [5, 5.41) is 0. The Balaban J connectivity index is 2.24. The van der Waals surface area contributed by atoms with E-state index in [9.17, 15) is 4.79 Å². The summed E-state index contributed by atoms with van der Waals surface area (Å²) >= 11 is 0. The van der Waals surface area contributed by atoms with Crippen molar-refractivity contribution in [2.24, 2.45) is 0 Å². The predicted octanol–water partition coefficient (Wildman–Crippen LogP) is 3.00. The molecule has 0 aliphatic carbocycles. The third kappa shape index (κ3) is 5.33. The minimum absolute atomic E-state index is 0.175. The number of ketones is 1. The van der Waals surface area contributed by atoms with Gasteiger partial charge in [-0.1, -0.05) is 23.8 Å². The van der Waals surface area contributed by atoms with Gasteiger partial charge in [0.05, 0.1) is 6.61 Å². The lowest BCUT2D eigenvalue weighted by Gasteiger charge is -2.03. The van der Waals surface area contributed by atoms with Crippen molar-refractivity contribution in [2.75, 3.05) is 13.2 Å². The van der Waals surface area contributed by atoms with Crippen LogP contribution in [-0.4, -0.2) is 19.0 Å². The molecule has 17 heavy (non-hydrogen) atoms. The fourth-order valence-electron chi connectivity index (χ4n) is 1.53. The largest absolute Gasteiger partial charge is 0.380 e. The van der Waals surface area contributed by atoms with Gasteiger partial charge in [-0.2, -0.15) is 0 Å². The molecule has 0 heterocycles. The van der Waals surface area contributed by atoms with E-state index in [0.29, 0.717) is 26.1 Å². The lowest BCUT2D eigenvalue weighted by atomic mass is 10.0. The molecule has 1 aromatic rings. The number of carbonyl (C=O) groups is 1. The number of aryl methyl sites for hydroxylation is 1. The zero-order valence-electron chi connectivity index (χ0n) is 10.2. The Morgan fingerprint density at radius 2 is 2.24 bits per heavy atom. The number of hydrogen-bond acceptors (Lipinski definition) is 2. The number of terminal acetylenes is 1. The first-order valence-corrected chi connectivity index (χ1v) is 5.85. The van der Waals surface area contributed by atoms with E-state index in [-0.39, 0.29) is 5.78 Å². The Kier molecular flexibility index (Phi) is 6.06. The Bertz CT molecular complexity index is 402. The number of benzene rings is 1. The van der Waals surface area contributed by atoms with Crippen molar-refractivity contribution >= 4 is 5.78 Å². The molecule has 2 nitrogen and oxygen atoms in total. The zero-order chi connectivity index (χ0) is 12.5. The van der Waals surface area contributed by atoms with Gasteiger partial charge in [-0.15, -0.1) is 12.3 Å². The maximum absolute atomic E-state index is 11.8. The topological polar surface area (TPSA) is 26.3 Å². The quantitative estimate of drug-likeness (QED) is 0.409. The molecule has 0 saturated heterocycles. The smallest absolute Gasteiger partial charge is 0.162 e. The van der Waals surface area contributed by atoms with Gasteiger partial charge in [0, 0.05) is 25.0 Å². The summed E-state index contributed by atoms with van der Waals surface area (Å²) in [6.07, 6.45) is 7.00. The van der Waals surface area contributed by atoms with Gasteiger partial charge in [0.25, 0.3) is 0 Å². The minimum atomic E-state index is 0.175. The first kappa shape index (κ1) is 13.5. The van der Waals surface area contributed by atoms with Crippen molar-refractivity contribution in [3.63, 3.8) is 0 Å². The van der Waals surface area contributed by atoms with Crippen LogP contribution in [0.4, 0.5) is 0 Å². The lowest BCUT2D eigenvalue weighted by Crippen LogP contribution is -2.03. The second kappa shape index (κ2) is 7.65. The molecule has 0 aliphatic heterocycles. The van der Waals surface area contributed by atoms with Crippen LogP contribution in [0, 0.1) is 19.3 Å². The molecular weight excluding hydrogens is 212 g/mol. The predicted molar refractivity (Wildman–Crippen MR) is 69.0 cm³/mol. The van der Waals surface area contributed by atoms with Crippen LogP contribution in [0.3, 0.4) is 0 Å². The van der Waals surface area contributed by atoms with E-state index in [1.54, 1.807) is 0 Å². The fourth-order valence-corrected chi connectivity index (χ4v) is 1.53. The Morgan fingerprint density at radius 3 is 2.94 bits per heavy atom. The molecule has 0 fully saturated rings. The number of carbonyl (C=O) groups excluding carboxylic acids is 1. The van der Waals surface area contributed by atoms with Crippen molar-refractivity contribution in [1.29, 1.82) is 0 Å². The Morgan fingerprint density at radius 1 is 1.41 bits per heavy atom. The molecule has 0 radical (unpaired) electrons. The van der Waals surface area contributed by atoms with E-state index in [1.165, 1.54) is 0 Å². The van der Waals surface area contributed by atoms with Gasteiger partial charge >= 0.3 is 0 Å². The highest BCUT2D eigenvalue weighted by Crippen LogP contribution is 2.08. The van der Waals surface area contributed by atoms with Crippen LogP contribution >= 0.6 is 0 Å². The van der Waals surface area contributed by atoms with Gasteiger partial charge in [-0.25, -0.2) is 0 Å². The molecule has 0 spiro atoms. The highest BCUT2D eigenvalue weighted by molar-refractivity contribution is 5.96. The van der Waals surface area contributed by atoms with Crippen LogP contribution < -0.4 is 0 Å². The highest BCUT2D eigenvalue weighted by atomic mass is 16.5. The summed E-state index contributed by atoms with van der Waals surface area (Å²) in [6, 6.07) is 7.67. The van der Waals surface area contributed by atoms with Crippen LogP contribution in [0.25, 0.3) is 0 Å². The zero-order valence-corrected chi connectivity index (χ0v) is 10.2. The molecule has 0 aliphatic rings. The average molecular weight is 230 g/mol. The summed E-state index contributed by atoms with van der Waals surface area (Å²) < 4.78 is 5.29. The summed E-state index contributed by atoms with van der Waals surface area (Å²) in [4.78, 5) is 11.8. The molecule has 90 valence electrons. The average Bonchev–Trinajstić information content (AvgIpc) is 2.33. The lowest BCUT2D eigenvalue weighted by molar-refractivity contribution is 0.0942. The molecule has 0 aromatic heterocycles. The van der Waals surface area contributed by atoms with E-state index in [4.69, 9.17) is 11.2 Å². The third-order valence-electron chi connectivity index (χ3n) is 2.42. The van der Waals surface area contributed by atoms with Gasteiger partial charge in [-0.05, 0) is 19.4 Å². The van der Waals surface area contributed by atoms with E-state index in [0.717, 1.165) is 17.5 Å². The molecule has 0 amide bonds. The Labute approximate surface area is 103 Å². The van der Waals surface area contributed by atoms with Gasteiger partial charge < -0.3 is 4.74 Å². The fraction of sp³-hybridized carbons (Fsp3) is 0.400. The summed E-state index contributed by atoms with van der Waals surface area (Å²) in [7, 11) is 0. The Hall–Kier alpha value is -1.59. The molecule has 0 bridgehead atoms. The number of ether oxygens (including phenoxy) is 1. The van der Waals surface area contributed by atoms with Crippen molar-refractivity contribution in [2.45, 2.75) is 26.2 Å². The molecule has 0 N–H and O–H groups in total. The van der Waals surface area contributed by atoms with Crippen LogP contribution in [-0.2, 0) is 4.74 Å². The first-order chi connectivity index (χ1) is 8.24. The van der Waals surface area contributed by atoms with Gasteiger partial charge in [0.2, 0.25) is 0 Å². The summed E-state index contributed by atoms with van der Waals surface area (Å²) in [5.74, 6) is 2.68. The number of hydrogen-bond donors (Lipinski definition) is 0. The molecule has 1 aromatic carbocycles. The maximum Gasteiger partial charge on any atom is 0.162 e. The number of Topliss-reactive ketones (excluding diaryl/α,β-unsaturated/α-hetero) is 1. The summed E-state index contributed by atoms with van der Waals surface area (Å²) in [5.41, 5.74) is 1.90. The molecule has 0 unspecified atom stereocenters. The first-order valence-electron chi connectivity index (χ1n) is 5.85. The highest BCUT2D eigenvalue weighted by Gasteiger charge is 2.05. The second-order valence-electron chi connectivity index (χ2n) is 3.96.